The van der Waals surface area contributed by atoms with Crippen molar-refractivity contribution < 1.29 is 23.8 Å². The molecule has 0 heterocycles. The molecule has 1 rings (SSSR count). The van der Waals surface area contributed by atoms with Crippen molar-refractivity contribution in [2.75, 3.05) is 20.3 Å². The summed E-state index contributed by atoms with van der Waals surface area (Å²) in [4.78, 5) is 22.6. The molecule has 0 atom stereocenters. The highest BCUT2D eigenvalue weighted by Crippen LogP contribution is 2.10. The molecule has 1 aromatic carbocycles. The number of methoxy groups -OCH3 is 1. The van der Waals surface area contributed by atoms with Gasteiger partial charge >= 0.3 is 5.97 Å². The quantitative estimate of drug-likeness (QED) is 0.620. The molecule has 0 unspecified atom stereocenters. The number of amides is 1. The van der Waals surface area contributed by atoms with E-state index in [1.165, 1.54) is 19.2 Å². The molecule has 0 saturated heterocycles. The Morgan fingerprint density at radius 1 is 1.45 bits per heavy atom. The van der Waals surface area contributed by atoms with Crippen LogP contribution in [0.2, 0.25) is 0 Å². The first-order valence-corrected chi connectivity index (χ1v) is 5.82. The summed E-state index contributed by atoms with van der Waals surface area (Å²) in [6.07, 6.45) is 0.293. The van der Waals surface area contributed by atoms with E-state index in [2.05, 4.69) is 21.9 Å². The lowest BCUT2D eigenvalue weighted by atomic mass is 10.1. The molecule has 0 radical (unpaired) electrons. The van der Waals surface area contributed by atoms with E-state index in [9.17, 15) is 14.0 Å². The van der Waals surface area contributed by atoms with E-state index in [-0.39, 0.29) is 18.7 Å². The van der Waals surface area contributed by atoms with Crippen LogP contribution in [-0.2, 0) is 9.53 Å². The molecule has 0 aromatic heterocycles. The van der Waals surface area contributed by atoms with Crippen LogP contribution in [0.3, 0.4) is 0 Å². The van der Waals surface area contributed by atoms with Gasteiger partial charge in [0.1, 0.15) is 12.4 Å². The molecule has 106 valence electrons. The van der Waals surface area contributed by atoms with Crippen LogP contribution in [0.15, 0.2) is 18.2 Å². The zero-order valence-electron chi connectivity index (χ0n) is 10.9. The third-order valence-corrected chi connectivity index (χ3v) is 2.30. The lowest BCUT2D eigenvalue weighted by Gasteiger charge is -2.05. The second-order valence-corrected chi connectivity index (χ2v) is 3.73. The molecule has 6 heteroatoms. The number of esters is 1. The van der Waals surface area contributed by atoms with Crippen molar-refractivity contribution in [3.05, 3.63) is 35.1 Å². The molecule has 1 aromatic rings. The molecule has 0 aliphatic heterocycles. The Bertz CT molecular complexity index is 560. The fraction of sp³-hybridized carbons (Fsp3) is 0.286. The van der Waals surface area contributed by atoms with Crippen LogP contribution in [-0.4, -0.2) is 37.2 Å². The zero-order chi connectivity index (χ0) is 15.0. The monoisotopic (exact) mass is 279 g/mol. The molecule has 0 aliphatic carbocycles. The Morgan fingerprint density at radius 2 is 2.20 bits per heavy atom. The van der Waals surface area contributed by atoms with Crippen molar-refractivity contribution in [1.29, 1.82) is 0 Å². The van der Waals surface area contributed by atoms with Gasteiger partial charge in [0.25, 0.3) is 5.91 Å². The summed E-state index contributed by atoms with van der Waals surface area (Å²) in [5.74, 6) is 3.30. The van der Waals surface area contributed by atoms with Crippen molar-refractivity contribution in [1.82, 2.24) is 5.32 Å². The number of carbonyl (C=O) groups excluding carboxylic acids is 2. The van der Waals surface area contributed by atoms with Crippen molar-refractivity contribution in [2.24, 2.45) is 0 Å². The maximum atomic E-state index is 13.5. The van der Waals surface area contributed by atoms with Gasteiger partial charge in [0, 0.05) is 12.0 Å². The highest BCUT2D eigenvalue weighted by Gasteiger charge is 2.13. The maximum Gasteiger partial charge on any atom is 0.325 e. The van der Waals surface area contributed by atoms with Crippen molar-refractivity contribution in [3.8, 4) is 11.8 Å². The first kappa shape index (κ1) is 15.7. The van der Waals surface area contributed by atoms with Gasteiger partial charge in [0.05, 0.1) is 19.3 Å². The summed E-state index contributed by atoms with van der Waals surface area (Å²) in [6, 6.07) is 3.83. The van der Waals surface area contributed by atoms with E-state index in [0.29, 0.717) is 12.0 Å². The Kier molecular flexibility index (Phi) is 6.20. The number of hydrogen-bond donors (Lipinski definition) is 2. The molecular formula is C14H14FNO4. The molecule has 0 fully saturated rings. The number of nitrogens with one attached hydrogen (secondary N) is 1. The van der Waals surface area contributed by atoms with Crippen LogP contribution in [0.25, 0.3) is 0 Å². The van der Waals surface area contributed by atoms with Crippen molar-refractivity contribution >= 4 is 11.9 Å². The van der Waals surface area contributed by atoms with E-state index in [1.54, 1.807) is 0 Å². The summed E-state index contributed by atoms with van der Waals surface area (Å²) >= 11 is 0. The molecule has 1 amide bonds. The van der Waals surface area contributed by atoms with Crippen molar-refractivity contribution in [3.63, 3.8) is 0 Å². The van der Waals surface area contributed by atoms with Crippen molar-refractivity contribution in [2.45, 2.75) is 6.42 Å². The van der Waals surface area contributed by atoms with Gasteiger partial charge in [-0.25, -0.2) is 4.39 Å². The zero-order valence-corrected chi connectivity index (χ0v) is 10.9. The van der Waals surface area contributed by atoms with Gasteiger partial charge in [-0.3, -0.25) is 9.59 Å². The number of carbonyl (C=O) groups is 2. The highest BCUT2D eigenvalue weighted by molar-refractivity contribution is 5.96. The van der Waals surface area contributed by atoms with E-state index in [1.807, 2.05) is 0 Å². The van der Waals surface area contributed by atoms with Crippen LogP contribution in [0.1, 0.15) is 22.3 Å². The van der Waals surface area contributed by atoms with Gasteiger partial charge in [0.2, 0.25) is 0 Å². The van der Waals surface area contributed by atoms with Crippen LogP contribution in [0.4, 0.5) is 4.39 Å². The first-order valence-electron chi connectivity index (χ1n) is 5.82. The fourth-order valence-electron chi connectivity index (χ4n) is 1.32. The lowest BCUT2D eigenvalue weighted by molar-refractivity contribution is -0.139. The third kappa shape index (κ3) is 4.71. The van der Waals surface area contributed by atoms with Gasteiger partial charge in [-0.15, -0.1) is 0 Å². The summed E-state index contributed by atoms with van der Waals surface area (Å²) in [7, 11) is 1.19. The smallest absolute Gasteiger partial charge is 0.325 e. The van der Waals surface area contributed by atoms with Gasteiger partial charge in [-0.2, -0.15) is 0 Å². The predicted molar refractivity (Wildman–Crippen MR) is 69.3 cm³/mol. The Morgan fingerprint density at radius 3 is 2.85 bits per heavy atom. The molecule has 0 aliphatic rings. The van der Waals surface area contributed by atoms with E-state index >= 15 is 0 Å². The number of hydrogen-bond acceptors (Lipinski definition) is 4. The summed E-state index contributed by atoms with van der Waals surface area (Å²) in [5, 5.41) is 10.8. The fourth-order valence-corrected chi connectivity index (χ4v) is 1.32. The van der Waals surface area contributed by atoms with Crippen LogP contribution in [0.5, 0.6) is 0 Å². The average Bonchev–Trinajstić information content (AvgIpc) is 2.46. The van der Waals surface area contributed by atoms with Gasteiger partial charge in [0.15, 0.2) is 0 Å². The molecule has 0 bridgehead atoms. The number of halogens is 1. The highest BCUT2D eigenvalue weighted by atomic mass is 19.1. The second kappa shape index (κ2) is 7.92. The minimum absolute atomic E-state index is 0.0688. The first-order chi connectivity index (χ1) is 9.58. The molecule has 5 nitrogen and oxygen atoms in total. The molecule has 2 N–H and O–H groups in total. The number of benzene rings is 1. The van der Waals surface area contributed by atoms with Crippen LogP contribution in [0, 0.1) is 17.7 Å². The van der Waals surface area contributed by atoms with E-state index in [0.717, 1.165) is 6.07 Å². The number of rotatable bonds is 4. The predicted octanol–water partition coefficient (Wildman–Crippen LogP) is 0.462. The normalized spacial score (nSPS) is 9.35. The number of aliphatic hydroxyl groups excluding tert-OH is 1. The van der Waals surface area contributed by atoms with Crippen LogP contribution >= 0.6 is 0 Å². The minimum atomic E-state index is -0.723. The number of ether oxygens (including phenoxy) is 1. The minimum Gasteiger partial charge on any atom is -0.468 e. The Labute approximate surface area is 115 Å². The lowest BCUT2D eigenvalue weighted by Crippen LogP contribution is -2.30. The second-order valence-electron chi connectivity index (χ2n) is 3.73. The summed E-state index contributed by atoms with van der Waals surface area (Å²) in [5.41, 5.74) is 0.243. The van der Waals surface area contributed by atoms with Gasteiger partial charge in [-0.05, 0) is 18.2 Å². The summed E-state index contributed by atoms with van der Waals surface area (Å²) < 4.78 is 17.9. The Balaban J connectivity index is 2.83. The largest absolute Gasteiger partial charge is 0.468 e. The molecule has 20 heavy (non-hydrogen) atoms. The standard InChI is InChI=1S/C14H14FNO4/c1-20-13(18)9-16-14(19)11-8-10(4-2-3-7-17)5-6-12(11)15/h5-6,8,17H,3,7,9H2,1H3,(H,16,19). The SMILES string of the molecule is COC(=O)CNC(=O)c1cc(C#CCCO)ccc1F. The Hall–Kier alpha value is -2.39. The van der Waals surface area contributed by atoms with Crippen LogP contribution < -0.4 is 5.32 Å². The average molecular weight is 279 g/mol. The van der Waals surface area contributed by atoms with E-state index < -0.39 is 17.7 Å². The summed E-state index contributed by atoms with van der Waals surface area (Å²) in [6.45, 7) is -0.407. The topological polar surface area (TPSA) is 75.6 Å². The molecule has 0 saturated carbocycles. The molecular weight excluding hydrogens is 265 g/mol. The van der Waals surface area contributed by atoms with Gasteiger partial charge < -0.3 is 15.2 Å². The third-order valence-electron chi connectivity index (χ3n) is 2.30. The molecule has 0 spiro atoms. The maximum absolute atomic E-state index is 13.5. The van der Waals surface area contributed by atoms with E-state index in [4.69, 9.17) is 5.11 Å². The van der Waals surface area contributed by atoms with Gasteiger partial charge in [-0.1, -0.05) is 11.8 Å². The number of aliphatic hydroxyl groups is 1.